The van der Waals surface area contributed by atoms with E-state index in [2.05, 4.69) is 9.97 Å². The molecular formula is C20H26N4O4. The van der Waals surface area contributed by atoms with Crippen molar-refractivity contribution in [3.05, 3.63) is 35.8 Å². The van der Waals surface area contributed by atoms with Crippen LogP contribution in [-0.4, -0.2) is 60.6 Å². The summed E-state index contributed by atoms with van der Waals surface area (Å²) in [5, 5.41) is 0. The van der Waals surface area contributed by atoms with E-state index in [1.165, 1.54) is 0 Å². The predicted molar refractivity (Wildman–Crippen MR) is 104 cm³/mol. The van der Waals surface area contributed by atoms with Crippen molar-refractivity contribution in [3.63, 3.8) is 0 Å². The average Bonchev–Trinajstić information content (AvgIpc) is 3.18. The van der Waals surface area contributed by atoms with Crippen molar-refractivity contribution < 1.29 is 19.1 Å². The van der Waals surface area contributed by atoms with E-state index in [-0.39, 0.29) is 17.5 Å². The van der Waals surface area contributed by atoms with Gasteiger partial charge in [0.2, 0.25) is 5.91 Å². The van der Waals surface area contributed by atoms with Gasteiger partial charge in [0.25, 0.3) is 5.91 Å². The number of carbonyl (C=O) groups excluding carboxylic acids is 2. The van der Waals surface area contributed by atoms with E-state index in [4.69, 9.17) is 15.2 Å². The van der Waals surface area contributed by atoms with Gasteiger partial charge in [-0.05, 0) is 37.1 Å². The third-order valence-corrected chi connectivity index (χ3v) is 5.01. The zero-order chi connectivity index (χ0) is 20.1. The molecule has 8 nitrogen and oxygen atoms in total. The number of aromatic amines is 1. The van der Waals surface area contributed by atoms with Crippen LogP contribution in [0.2, 0.25) is 0 Å². The smallest absolute Gasteiger partial charge is 0.267 e. The molecule has 0 radical (unpaired) electrons. The second kappa shape index (κ2) is 8.88. The number of carbonyl (C=O) groups is 2. The van der Waals surface area contributed by atoms with Gasteiger partial charge in [-0.1, -0.05) is 0 Å². The highest BCUT2D eigenvalue weighted by Crippen LogP contribution is 2.30. The fourth-order valence-electron chi connectivity index (χ4n) is 3.50. The van der Waals surface area contributed by atoms with Crippen LogP contribution in [-0.2, 0) is 9.53 Å². The number of hydrogen-bond donors (Lipinski definition) is 2. The Hall–Kier alpha value is -2.87. The minimum absolute atomic E-state index is 0.0327. The lowest BCUT2D eigenvalue weighted by Gasteiger charge is -2.32. The molecule has 1 atom stereocenters. The largest absolute Gasteiger partial charge is 0.497 e. The van der Waals surface area contributed by atoms with Gasteiger partial charge in [-0.25, -0.2) is 4.98 Å². The Kier molecular flexibility index (Phi) is 6.30. The number of aromatic nitrogens is 2. The van der Waals surface area contributed by atoms with Gasteiger partial charge in [0.1, 0.15) is 23.0 Å². The van der Waals surface area contributed by atoms with Crippen molar-refractivity contribution in [2.75, 3.05) is 33.9 Å². The SMILES string of the molecule is COCCC(=O)N1CCC[C@H](c2nc(-c3ccc(OC)cc3)c(C(N)=O)[nH]2)C1. The number of rotatable bonds is 7. The van der Waals surface area contributed by atoms with E-state index >= 15 is 0 Å². The number of piperidine rings is 1. The molecule has 2 amide bonds. The Morgan fingerprint density at radius 3 is 2.68 bits per heavy atom. The molecule has 1 fully saturated rings. The quantitative estimate of drug-likeness (QED) is 0.755. The normalized spacial score (nSPS) is 16.8. The van der Waals surface area contributed by atoms with Crippen LogP contribution >= 0.6 is 0 Å². The van der Waals surface area contributed by atoms with E-state index in [1.807, 2.05) is 29.2 Å². The molecule has 0 aliphatic carbocycles. The Morgan fingerprint density at radius 1 is 1.29 bits per heavy atom. The molecule has 0 unspecified atom stereocenters. The summed E-state index contributed by atoms with van der Waals surface area (Å²) in [6, 6.07) is 7.30. The molecule has 3 N–H and O–H groups in total. The Morgan fingerprint density at radius 2 is 2.04 bits per heavy atom. The molecule has 0 spiro atoms. The molecule has 1 saturated heterocycles. The Balaban J connectivity index is 1.83. The number of nitrogens with two attached hydrogens (primary N) is 1. The summed E-state index contributed by atoms with van der Waals surface area (Å²) in [5.41, 5.74) is 7.15. The monoisotopic (exact) mass is 386 g/mol. The van der Waals surface area contributed by atoms with Gasteiger partial charge in [0, 0.05) is 31.7 Å². The molecule has 28 heavy (non-hydrogen) atoms. The molecular weight excluding hydrogens is 360 g/mol. The maximum absolute atomic E-state index is 12.3. The lowest BCUT2D eigenvalue weighted by Crippen LogP contribution is -2.39. The lowest BCUT2D eigenvalue weighted by molar-refractivity contribution is -0.133. The highest BCUT2D eigenvalue weighted by atomic mass is 16.5. The van der Waals surface area contributed by atoms with E-state index in [1.54, 1.807) is 14.2 Å². The van der Waals surface area contributed by atoms with Crippen molar-refractivity contribution in [1.82, 2.24) is 14.9 Å². The maximum Gasteiger partial charge on any atom is 0.267 e. The number of nitrogens with zero attached hydrogens (tertiary/aromatic N) is 2. The number of primary amides is 1. The van der Waals surface area contributed by atoms with Gasteiger partial charge in [0.15, 0.2) is 0 Å². The molecule has 0 bridgehead atoms. The lowest BCUT2D eigenvalue weighted by atomic mass is 9.97. The van der Waals surface area contributed by atoms with E-state index < -0.39 is 5.91 Å². The van der Waals surface area contributed by atoms with Crippen LogP contribution in [0.25, 0.3) is 11.3 Å². The van der Waals surface area contributed by atoms with Gasteiger partial charge in [-0.3, -0.25) is 9.59 Å². The second-order valence-electron chi connectivity index (χ2n) is 6.86. The summed E-state index contributed by atoms with van der Waals surface area (Å²) in [4.78, 5) is 33.9. The number of H-pyrrole nitrogens is 1. The molecule has 150 valence electrons. The number of hydrogen-bond acceptors (Lipinski definition) is 5. The molecule has 0 saturated carbocycles. The highest BCUT2D eigenvalue weighted by molar-refractivity contribution is 5.97. The first-order valence-electron chi connectivity index (χ1n) is 9.34. The topological polar surface area (TPSA) is 111 Å². The summed E-state index contributed by atoms with van der Waals surface area (Å²) in [7, 11) is 3.18. The standard InChI is InChI=1S/C20H26N4O4/c1-27-11-9-16(25)24-10-3-4-14(12-24)20-22-17(18(23-20)19(21)26)13-5-7-15(28-2)8-6-13/h5-8,14H,3-4,9-12H2,1-2H3,(H2,21,26)(H,22,23)/t14-/m0/s1. The van der Waals surface area contributed by atoms with Gasteiger partial charge >= 0.3 is 0 Å². The average molecular weight is 386 g/mol. The Bertz CT molecular complexity index is 831. The van der Waals surface area contributed by atoms with Gasteiger partial charge in [0.05, 0.1) is 20.1 Å². The van der Waals surface area contributed by atoms with E-state index in [9.17, 15) is 9.59 Å². The molecule has 8 heteroatoms. The van der Waals surface area contributed by atoms with Gasteiger partial charge < -0.3 is 25.1 Å². The fourth-order valence-corrected chi connectivity index (χ4v) is 3.50. The van der Waals surface area contributed by atoms with Crippen LogP contribution < -0.4 is 10.5 Å². The van der Waals surface area contributed by atoms with Crippen LogP contribution in [0.4, 0.5) is 0 Å². The van der Waals surface area contributed by atoms with Gasteiger partial charge in [-0.15, -0.1) is 0 Å². The van der Waals surface area contributed by atoms with Crippen molar-refractivity contribution in [2.24, 2.45) is 5.73 Å². The maximum atomic E-state index is 12.3. The van der Waals surface area contributed by atoms with Crippen LogP contribution in [0.1, 0.15) is 41.5 Å². The molecule has 3 rings (SSSR count). The minimum atomic E-state index is -0.562. The minimum Gasteiger partial charge on any atom is -0.497 e. The number of benzene rings is 1. The second-order valence-corrected chi connectivity index (χ2v) is 6.86. The van der Waals surface area contributed by atoms with Crippen LogP contribution in [0, 0.1) is 0 Å². The van der Waals surface area contributed by atoms with E-state index in [0.29, 0.717) is 31.1 Å². The van der Waals surface area contributed by atoms with Crippen LogP contribution in [0.3, 0.4) is 0 Å². The highest BCUT2D eigenvalue weighted by Gasteiger charge is 2.28. The van der Waals surface area contributed by atoms with Crippen LogP contribution in [0.5, 0.6) is 5.75 Å². The van der Waals surface area contributed by atoms with Crippen molar-refractivity contribution in [1.29, 1.82) is 0 Å². The number of nitrogens with one attached hydrogen (secondary N) is 1. The zero-order valence-corrected chi connectivity index (χ0v) is 16.2. The molecule has 2 aromatic rings. The number of amides is 2. The summed E-state index contributed by atoms with van der Waals surface area (Å²) >= 11 is 0. The third-order valence-electron chi connectivity index (χ3n) is 5.01. The van der Waals surface area contributed by atoms with E-state index in [0.717, 1.165) is 30.7 Å². The first kappa shape index (κ1) is 19.9. The number of methoxy groups -OCH3 is 2. The molecule has 1 aromatic heterocycles. The van der Waals surface area contributed by atoms with Crippen molar-refractivity contribution in [2.45, 2.75) is 25.2 Å². The number of ether oxygens (including phenoxy) is 2. The number of imidazole rings is 1. The zero-order valence-electron chi connectivity index (χ0n) is 16.2. The summed E-state index contributed by atoms with van der Waals surface area (Å²) in [6.45, 7) is 1.71. The van der Waals surface area contributed by atoms with Crippen molar-refractivity contribution >= 4 is 11.8 Å². The predicted octanol–water partition coefficient (Wildman–Crippen LogP) is 1.93. The van der Waals surface area contributed by atoms with Crippen LogP contribution in [0.15, 0.2) is 24.3 Å². The first-order chi connectivity index (χ1) is 13.5. The molecule has 1 aliphatic heterocycles. The third kappa shape index (κ3) is 4.33. The molecule has 1 aliphatic rings. The Labute approximate surface area is 164 Å². The molecule has 2 heterocycles. The van der Waals surface area contributed by atoms with Gasteiger partial charge in [-0.2, -0.15) is 0 Å². The summed E-state index contributed by atoms with van der Waals surface area (Å²) in [5.74, 6) is 0.948. The summed E-state index contributed by atoms with van der Waals surface area (Å²) in [6.07, 6.45) is 2.14. The van der Waals surface area contributed by atoms with Crippen molar-refractivity contribution in [3.8, 4) is 17.0 Å². The summed E-state index contributed by atoms with van der Waals surface area (Å²) < 4.78 is 10.2. The number of likely N-dealkylation sites (tertiary alicyclic amines) is 1. The fraction of sp³-hybridized carbons (Fsp3) is 0.450. The molecule has 1 aromatic carbocycles. The first-order valence-corrected chi connectivity index (χ1v) is 9.34.